The fraction of sp³-hybridized carbons (Fsp3) is 0.429. The van der Waals surface area contributed by atoms with E-state index in [9.17, 15) is 8.42 Å². The molecule has 0 radical (unpaired) electrons. The van der Waals surface area contributed by atoms with Crippen molar-refractivity contribution >= 4 is 15.7 Å². The van der Waals surface area contributed by atoms with E-state index in [1.165, 1.54) is 18.4 Å². The molecule has 7 nitrogen and oxygen atoms in total. The van der Waals surface area contributed by atoms with E-state index in [1.54, 1.807) is 18.5 Å². The molecule has 2 aromatic rings. The summed E-state index contributed by atoms with van der Waals surface area (Å²) in [6.07, 6.45) is 1.63. The number of anilines is 1. The average Bonchev–Trinajstić information content (AvgIpc) is 2.85. The summed E-state index contributed by atoms with van der Waals surface area (Å²) in [7, 11) is 1.45. The summed E-state index contributed by atoms with van der Waals surface area (Å²) in [5.74, 6) is 0.776. The highest BCUT2D eigenvalue weighted by Gasteiger charge is 2.19. The van der Waals surface area contributed by atoms with Crippen LogP contribution in [-0.2, 0) is 23.6 Å². The van der Waals surface area contributed by atoms with Gasteiger partial charge in [0.1, 0.15) is 6.33 Å². The van der Waals surface area contributed by atoms with Gasteiger partial charge in [-0.25, -0.2) is 12.7 Å². The number of sulfonamides is 1. The number of hydrogen-bond donors (Lipinski definition) is 1. The third kappa shape index (κ3) is 3.12. The van der Waals surface area contributed by atoms with Crippen LogP contribution in [0.4, 0.5) is 5.69 Å². The molecule has 22 heavy (non-hydrogen) atoms. The van der Waals surface area contributed by atoms with Gasteiger partial charge in [-0.05, 0) is 37.1 Å². The van der Waals surface area contributed by atoms with Crippen LogP contribution in [0.5, 0.6) is 0 Å². The van der Waals surface area contributed by atoms with E-state index in [-0.39, 0.29) is 4.90 Å². The van der Waals surface area contributed by atoms with E-state index in [2.05, 4.69) is 15.5 Å². The van der Waals surface area contributed by atoms with Crippen molar-refractivity contribution in [1.29, 1.82) is 0 Å². The SMILES string of the molecule is Cc1cc(S(=O)(=O)N(C)C)cc(NCc2nncn2C)c1C. The molecule has 1 N–H and O–H groups in total. The van der Waals surface area contributed by atoms with Crippen LogP contribution in [0.15, 0.2) is 23.4 Å². The summed E-state index contributed by atoms with van der Waals surface area (Å²) in [5, 5.41) is 11.1. The topological polar surface area (TPSA) is 80.1 Å². The number of rotatable bonds is 5. The molecule has 8 heteroatoms. The molecular formula is C14H21N5O2S. The Morgan fingerprint density at radius 2 is 1.95 bits per heavy atom. The van der Waals surface area contributed by atoms with E-state index >= 15 is 0 Å². The molecule has 0 spiro atoms. The van der Waals surface area contributed by atoms with Crippen molar-refractivity contribution < 1.29 is 8.42 Å². The lowest BCUT2D eigenvalue weighted by Gasteiger charge is -2.16. The van der Waals surface area contributed by atoms with Gasteiger partial charge in [-0.2, -0.15) is 0 Å². The van der Waals surface area contributed by atoms with E-state index in [4.69, 9.17) is 0 Å². The smallest absolute Gasteiger partial charge is 0.242 e. The summed E-state index contributed by atoms with van der Waals surface area (Å²) in [5.41, 5.74) is 2.71. The molecule has 0 amide bonds. The molecule has 1 aromatic heterocycles. The lowest BCUT2D eigenvalue weighted by molar-refractivity contribution is 0.520. The number of aromatic nitrogens is 3. The average molecular weight is 323 g/mol. The van der Waals surface area contributed by atoms with Gasteiger partial charge in [-0.3, -0.25) is 0 Å². The standard InChI is InChI=1S/C14H21N5O2S/c1-10-6-12(22(20,21)18(3)4)7-13(11(10)2)15-8-14-17-16-9-19(14)5/h6-7,9,15H,8H2,1-5H3. The minimum atomic E-state index is -3.46. The first-order valence-electron chi connectivity index (χ1n) is 6.84. The zero-order valence-electron chi connectivity index (χ0n) is 13.5. The maximum atomic E-state index is 12.3. The Hall–Kier alpha value is -1.93. The molecule has 0 saturated carbocycles. The molecular weight excluding hydrogens is 302 g/mol. The second-order valence-electron chi connectivity index (χ2n) is 5.41. The number of nitrogens with one attached hydrogen (secondary N) is 1. The number of benzene rings is 1. The van der Waals surface area contributed by atoms with Gasteiger partial charge < -0.3 is 9.88 Å². The lowest BCUT2D eigenvalue weighted by atomic mass is 10.1. The maximum absolute atomic E-state index is 12.3. The fourth-order valence-electron chi connectivity index (χ4n) is 2.01. The molecule has 1 heterocycles. The van der Waals surface area contributed by atoms with Crippen molar-refractivity contribution in [2.75, 3.05) is 19.4 Å². The van der Waals surface area contributed by atoms with Crippen molar-refractivity contribution in [3.63, 3.8) is 0 Å². The summed E-state index contributed by atoms with van der Waals surface area (Å²) >= 11 is 0. The summed E-state index contributed by atoms with van der Waals surface area (Å²) in [6, 6.07) is 3.35. The van der Waals surface area contributed by atoms with Crippen LogP contribution >= 0.6 is 0 Å². The molecule has 0 saturated heterocycles. The van der Waals surface area contributed by atoms with Crippen molar-refractivity contribution in [1.82, 2.24) is 19.1 Å². The van der Waals surface area contributed by atoms with E-state index in [0.29, 0.717) is 6.54 Å². The molecule has 0 bridgehead atoms. The molecule has 2 rings (SSSR count). The molecule has 0 fully saturated rings. The van der Waals surface area contributed by atoms with Gasteiger partial charge in [0.15, 0.2) is 5.82 Å². The molecule has 0 aliphatic heterocycles. The third-order valence-corrected chi connectivity index (χ3v) is 5.45. The first kappa shape index (κ1) is 16.4. The Kier molecular flexibility index (Phi) is 4.52. The highest BCUT2D eigenvalue weighted by molar-refractivity contribution is 7.89. The highest BCUT2D eigenvalue weighted by Crippen LogP contribution is 2.25. The largest absolute Gasteiger partial charge is 0.377 e. The minimum absolute atomic E-state index is 0.279. The van der Waals surface area contributed by atoms with Gasteiger partial charge >= 0.3 is 0 Å². The Morgan fingerprint density at radius 3 is 2.50 bits per heavy atom. The first-order valence-corrected chi connectivity index (χ1v) is 8.28. The van der Waals surface area contributed by atoms with Crippen molar-refractivity contribution in [2.24, 2.45) is 7.05 Å². The van der Waals surface area contributed by atoms with Crippen molar-refractivity contribution in [3.8, 4) is 0 Å². The number of hydrogen-bond acceptors (Lipinski definition) is 5. The molecule has 120 valence electrons. The van der Waals surface area contributed by atoms with E-state index < -0.39 is 10.0 Å². The molecule has 1 aromatic carbocycles. The number of nitrogens with zero attached hydrogens (tertiary/aromatic N) is 4. The van der Waals surface area contributed by atoms with Gasteiger partial charge in [0.05, 0.1) is 11.4 Å². The zero-order chi connectivity index (χ0) is 16.5. The predicted octanol–water partition coefficient (Wildman–Crippen LogP) is 1.29. The quantitative estimate of drug-likeness (QED) is 0.897. The predicted molar refractivity (Wildman–Crippen MR) is 85.1 cm³/mol. The van der Waals surface area contributed by atoms with Crippen LogP contribution in [-0.4, -0.2) is 41.6 Å². The van der Waals surface area contributed by atoms with Crippen LogP contribution in [0.2, 0.25) is 0 Å². The van der Waals surface area contributed by atoms with Gasteiger partial charge in [0.2, 0.25) is 10.0 Å². The van der Waals surface area contributed by atoms with Crippen LogP contribution < -0.4 is 5.32 Å². The third-order valence-electron chi connectivity index (χ3n) is 3.66. The van der Waals surface area contributed by atoms with Gasteiger partial charge in [-0.15, -0.1) is 10.2 Å². The van der Waals surface area contributed by atoms with E-state index in [0.717, 1.165) is 22.6 Å². The van der Waals surface area contributed by atoms with Gasteiger partial charge in [-0.1, -0.05) is 0 Å². The molecule has 0 aliphatic carbocycles. The van der Waals surface area contributed by atoms with Gasteiger partial charge in [0.25, 0.3) is 0 Å². The highest BCUT2D eigenvalue weighted by atomic mass is 32.2. The molecule has 0 unspecified atom stereocenters. The van der Waals surface area contributed by atoms with Crippen LogP contribution in [0.25, 0.3) is 0 Å². The zero-order valence-corrected chi connectivity index (χ0v) is 14.3. The van der Waals surface area contributed by atoms with Crippen molar-refractivity contribution in [3.05, 3.63) is 35.4 Å². The van der Waals surface area contributed by atoms with Crippen LogP contribution in [0.3, 0.4) is 0 Å². The first-order chi connectivity index (χ1) is 10.2. The number of aryl methyl sites for hydroxylation is 2. The maximum Gasteiger partial charge on any atom is 0.242 e. The minimum Gasteiger partial charge on any atom is -0.377 e. The Labute approximate surface area is 131 Å². The second-order valence-corrected chi connectivity index (χ2v) is 7.56. The normalized spacial score (nSPS) is 11.9. The van der Waals surface area contributed by atoms with Crippen molar-refractivity contribution in [2.45, 2.75) is 25.3 Å². The second kappa shape index (κ2) is 6.05. The monoisotopic (exact) mass is 323 g/mol. The Balaban J connectivity index is 2.35. The Bertz CT molecular complexity index is 781. The van der Waals surface area contributed by atoms with Crippen LogP contribution in [0.1, 0.15) is 17.0 Å². The van der Waals surface area contributed by atoms with Crippen LogP contribution in [0, 0.1) is 13.8 Å². The summed E-state index contributed by atoms with van der Waals surface area (Å²) in [4.78, 5) is 0.279. The molecule has 0 aliphatic rings. The fourth-order valence-corrected chi connectivity index (χ4v) is 3.03. The Morgan fingerprint density at radius 1 is 1.27 bits per heavy atom. The summed E-state index contributed by atoms with van der Waals surface area (Å²) in [6.45, 7) is 4.33. The molecule has 0 atom stereocenters. The summed E-state index contributed by atoms with van der Waals surface area (Å²) < 4.78 is 27.6. The van der Waals surface area contributed by atoms with Gasteiger partial charge in [0, 0.05) is 26.8 Å². The van der Waals surface area contributed by atoms with E-state index in [1.807, 2.05) is 25.5 Å². The lowest BCUT2D eigenvalue weighted by Crippen LogP contribution is -2.22.